The third-order valence-corrected chi connectivity index (χ3v) is 7.16. The summed E-state index contributed by atoms with van der Waals surface area (Å²) in [6.07, 6.45) is 5.47. The van der Waals surface area contributed by atoms with Crippen LogP contribution < -0.4 is 10.1 Å². The molecule has 0 spiro atoms. The molecule has 0 radical (unpaired) electrons. The summed E-state index contributed by atoms with van der Waals surface area (Å²) in [6, 6.07) is 11.2. The number of nitrogens with one attached hydrogen (secondary N) is 1. The molecule has 2 aromatic carbocycles. The number of ether oxygens (including phenoxy) is 1. The van der Waals surface area contributed by atoms with Gasteiger partial charge in [0.2, 0.25) is 0 Å². The molecule has 1 aromatic heterocycles. The number of pyridine rings is 1. The van der Waals surface area contributed by atoms with Crippen LogP contribution in [0.1, 0.15) is 64.1 Å². The van der Waals surface area contributed by atoms with E-state index in [2.05, 4.69) is 10.3 Å². The Bertz CT molecular complexity index is 1270. The third-order valence-electron chi connectivity index (χ3n) is 6.76. The SMILES string of the molecule is COc1cc(Cl)c(C)cc1NC(=O)c1c2c(nc3ccccc13)C(=O)N(C1CCCCC1)C2. The van der Waals surface area contributed by atoms with Crippen molar-refractivity contribution in [1.82, 2.24) is 9.88 Å². The van der Waals surface area contributed by atoms with E-state index < -0.39 is 0 Å². The predicted molar refractivity (Wildman–Crippen MR) is 129 cm³/mol. The van der Waals surface area contributed by atoms with Crippen LogP contribution in [-0.4, -0.2) is 34.8 Å². The van der Waals surface area contributed by atoms with Crippen molar-refractivity contribution in [3.05, 3.63) is 63.8 Å². The number of hydrogen-bond donors (Lipinski definition) is 1. The first-order chi connectivity index (χ1) is 16.0. The molecular formula is C26H26ClN3O3. The Morgan fingerprint density at radius 1 is 1.18 bits per heavy atom. The van der Waals surface area contributed by atoms with Crippen LogP contribution in [0, 0.1) is 6.92 Å². The van der Waals surface area contributed by atoms with E-state index in [1.807, 2.05) is 36.1 Å². The number of aryl methyl sites for hydroxylation is 1. The lowest BCUT2D eigenvalue weighted by Gasteiger charge is -2.30. The van der Waals surface area contributed by atoms with Gasteiger partial charge in [-0.15, -0.1) is 0 Å². The second-order valence-corrected chi connectivity index (χ2v) is 9.22. The number of carbonyl (C=O) groups is 2. The summed E-state index contributed by atoms with van der Waals surface area (Å²) >= 11 is 6.23. The van der Waals surface area contributed by atoms with Gasteiger partial charge in [-0.1, -0.05) is 49.1 Å². The highest BCUT2D eigenvalue weighted by Crippen LogP contribution is 2.36. The van der Waals surface area contributed by atoms with Gasteiger partial charge in [0.25, 0.3) is 11.8 Å². The van der Waals surface area contributed by atoms with Crippen molar-refractivity contribution in [3.8, 4) is 5.75 Å². The number of amides is 2. The van der Waals surface area contributed by atoms with Crippen LogP contribution in [-0.2, 0) is 6.54 Å². The van der Waals surface area contributed by atoms with Gasteiger partial charge in [-0.25, -0.2) is 4.98 Å². The summed E-state index contributed by atoms with van der Waals surface area (Å²) in [7, 11) is 1.54. The van der Waals surface area contributed by atoms with Crippen molar-refractivity contribution >= 4 is 40.0 Å². The number of carbonyl (C=O) groups excluding carboxylic acids is 2. The molecule has 6 nitrogen and oxygen atoms in total. The van der Waals surface area contributed by atoms with Crippen molar-refractivity contribution in [1.29, 1.82) is 0 Å². The fourth-order valence-corrected chi connectivity index (χ4v) is 5.18. The van der Waals surface area contributed by atoms with Crippen molar-refractivity contribution in [3.63, 3.8) is 0 Å². The van der Waals surface area contributed by atoms with Crippen molar-refractivity contribution in [2.45, 2.75) is 51.6 Å². The normalized spacial score (nSPS) is 16.2. The second-order valence-electron chi connectivity index (χ2n) is 8.81. The Kier molecular flexibility index (Phi) is 5.71. The van der Waals surface area contributed by atoms with E-state index in [4.69, 9.17) is 16.3 Å². The lowest BCUT2D eigenvalue weighted by molar-refractivity contribution is 0.0655. The standard InChI is InChI=1S/C26H26ClN3O3/c1-15-12-21(22(33-2)13-19(15)27)29-25(31)23-17-10-6-7-11-20(17)28-24-18(23)14-30(26(24)32)16-8-4-3-5-9-16/h6-7,10-13,16H,3-5,8-9,14H2,1-2H3,(H,29,31). The highest BCUT2D eigenvalue weighted by molar-refractivity contribution is 6.31. The van der Waals surface area contributed by atoms with Crippen molar-refractivity contribution in [2.75, 3.05) is 12.4 Å². The molecule has 1 fully saturated rings. The summed E-state index contributed by atoms with van der Waals surface area (Å²) in [6.45, 7) is 2.29. The van der Waals surface area contributed by atoms with Crippen LogP contribution in [0.4, 0.5) is 5.69 Å². The van der Waals surface area contributed by atoms with E-state index in [0.29, 0.717) is 45.3 Å². The molecule has 2 amide bonds. The van der Waals surface area contributed by atoms with Gasteiger partial charge in [0, 0.05) is 34.6 Å². The van der Waals surface area contributed by atoms with E-state index in [0.717, 1.165) is 36.6 Å². The number of fused-ring (bicyclic) bond motifs is 2. The molecule has 0 atom stereocenters. The van der Waals surface area contributed by atoms with E-state index in [1.54, 1.807) is 12.1 Å². The largest absolute Gasteiger partial charge is 0.495 e. The van der Waals surface area contributed by atoms with E-state index in [1.165, 1.54) is 13.5 Å². The second kappa shape index (κ2) is 8.67. The number of nitrogens with zero attached hydrogens (tertiary/aromatic N) is 2. The maximum atomic E-state index is 13.7. The Balaban J connectivity index is 1.59. The monoisotopic (exact) mass is 463 g/mol. The number of halogens is 1. The number of para-hydroxylation sites is 1. The lowest BCUT2D eigenvalue weighted by Crippen LogP contribution is -2.37. The Morgan fingerprint density at radius 2 is 1.94 bits per heavy atom. The minimum absolute atomic E-state index is 0.0726. The van der Waals surface area contributed by atoms with Gasteiger partial charge >= 0.3 is 0 Å². The van der Waals surface area contributed by atoms with Crippen molar-refractivity contribution in [2.24, 2.45) is 0 Å². The molecule has 1 N–H and O–H groups in total. The Hall–Kier alpha value is -3.12. The minimum atomic E-state index is -0.289. The van der Waals surface area contributed by atoms with Crippen LogP contribution in [0.25, 0.3) is 10.9 Å². The Labute approximate surface area is 197 Å². The van der Waals surface area contributed by atoms with Crippen LogP contribution in [0.2, 0.25) is 5.02 Å². The molecule has 2 heterocycles. The third kappa shape index (κ3) is 3.82. The zero-order valence-electron chi connectivity index (χ0n) is 18.8. The van der Waals surface area contributed by atoms with Gasteiger partial charge in [0.15, 0.2) is 0 Å². The summed E-state index contributed by atoms with van der Waals surface area (Å²) in [5.74, 6) is 0.119. The highest BCUT2D eigenvalue weighted by Gasteiger charge is 2.38. The van der Waals surface area contributed by atoms with Gasteiger partial charge in [-0.3, -0.25) is 9.59 Å². The topological polar surface area (TPSA) is 71.5 Å². The number of aromatic nitrogens is 1. The first kappa shape index (κ1) is 21.7. The molecule has 0 bridgehead atoms. The first-order valence-corrected chi connectivity index (χ1v) is 11.7. The smallest absolute Gasteiger partial charge is 0.273 e. The highest BCUT2D eigenvalue weighted by atomic mass is 35.5. The molecule has 0 unspecified atom stereocenters. The minimum Gasteiger partial charge on any atom is -0.495 e. The molecule has 1 aliphatic carbocycles. The molecule has 5 rings (SSSR count). The molecule has 1 aliphatic heterocycles. The maximum absolute atomic E-state index is 13.7. The van der Waals surface area contributed by atoms with Gasteiger partial charge in [-0.05, 0) is 37.5 Å². The zero-order valence-corrected chi connectivity index (χ0v) is 19.5. The molecule has 3 aromatic rings. The van der Waals surface area contributed by atoms with E-state index >= 15 is 0 Å². The molecular weight excluding hydrogens is 438 g/mol. The number of benzene rings is 2. The lowest BCUT2D eigenvalue weighted by atomic mass is 9.94. The average Bonchev–Trinajstić information content (AvgIpc) is 3.16. The van der Waals surface area contributed by atoms with Gasteiger partial charge in [0.1, 0.15) is 11.4 Å². The molecule has 33 heavy (non-hydrogen) atoms. The number of rotatable bonds is 4. The summed E-state index contributed by atoms with van der Waals surface area (Å²) in [5, 5.41) is 4.29. The van der Waals surface area contributed by atoms with Crippen molar-refractivity contribution < 1.29 is 14.3 Å². The molecule has 170 valence electrons. The molecule has 7 heteroatoms. The zero-order chi connectivity index (χ0) is 23.1. The number of hydrogen-bond acceptors (Lipinski definition) is 4. The van der Waals surface area contributed by atoms with Gasteiger partial charge < -0.3 is 15.0 Å². The summed E-state index contributed by atoms with van der Waals surface area (Å²) in [4.78, 5) is 33.6. The van der Waals surface area contributed by atoms with Crippen LogP contribution in [0.5, 0.6) is 5.75 Å². The van der Waals surface area contributed by atoms with Gasteiger partial charge in [-0.2, -0.15) is 0 Å². The maximum Gasteiger partial charge on any atom is 0.273 e. The predicted octanol–water partition coefficient (Wildman–Crippen LogP) is 5.75. The van der Waals surface area contributed by atoms with E-state index in [9.17, 15) is 9.59 Å². The average molecular weight is 464 g/mol. The fourth-order valence-electron chi connectivity index (χ4n) is 5.02. The molecule has 2 aliphatic rings. The quantitative estimate of drug-likeness (QED) is 0.535. The molecule has 1 saturated carbocycles. The van der Waals surface area contributed by atoms with Gasteiger partial charge in [0.05, 0.1) is 23.9 Å². The Morgan fingerprint density at radius 3 is 2.70 bits per heavy atom. The summed E-state index contributed by atoms with van der Waals surface area (Å²) < 4.78 is 5.44. The first-order valence-electron chi connectivity index (χ1n) is 11.4. The van der Waals surface area contributed by atoms with Crippen LogP contribution in [0.3, 0.4) is 0 Å². The van der Waals surface area contributed by atoms with E-state index in [-0.39, 0.29) is 17.9 Å². The molecule has 0 saturated heterocycles. The van der Waals surface area contributed by atoms with Crippen LogP contribution >= 0.6 is 11.6 Å². The number of anilines is 1. The van der Waals surface area contributed by atoms with Crippen LogP contribution in [0.15, 0.2) is 36.4 Å². The fraction of sp³-hybridized carbons (Fsp3) is 0.346. The number of methoxy groups -OCH3 is 1. The summed E-state index contributed by atoms with van der Waals surface area (Å²) in [5.41, 5.74) is 3.59.